The summed E-state index contributed by atoms with van der Waals surface area (Å²) in [6.45, 7) is 7.99. The molecule has 0 heterocycles. The molecule has 1 aromatic rings. The Hall–Kier alpha value is -0.820. The van der Waals surface area contributed by atoms with E-state index in [0.717, 1.165) is 6.42 Å². The lowest BCUT2D eigenvalue weighted by atomic mass is 9.68. The zero-order chi connectivity index (χ0) is 10.8. The van der Waals surface area contributed by atoms with E-state index in [1.165, 1.54) is 5.56 Å². The fourth-order valence-electron chi connectivity index (χ4n) is 1.80. The molecule has 0 bridgehead atoms. The van der Waals surface area contributed by atoms with E-state index in [9.17, 15) is 5.11 Å². The van der Waals surface area contributed by atoms with Crippen molar-refractivity contribution in [1.29, 1.82) is 0 Å². The Morgan fingerprint density at radius 2 is 1.57 bits per heavy atom. The van der Waals surface area contributed by atoms with Crippen LogP contribution in [0.2, 0.25) is 0 Å². The average molecular weight is 192 g/mol. The van der Waals surface area contributed by atoms with Gasteiger partial charge >= 0.3 is 0 Å². The summed E-state index contributed by atoms with van der Waals surface area (Å²) in [5, 5.41) is 10.2. The van der Waals surface area contributed by atoms with Crippen molar-refractivity contribution in [2.45, 2.75) is 45.1 Å². The van der Waals surface area contributed by atoms with Gasteiger partial charge in [0.05, 0.1) is 5.60 Å². The lowest BCUT2D eigenvalue weighted by molar-refractivity contribution is -0.00107. The summed E-state index contributed by atoms with van der Waals surface area (Å²) >= 11 is 0. The summed E-state index contributed by atoms with van der Waals surface area (Å²) in [7, 11) is 0. The molecule has 0 spiro atoms. The van der Waals surface area contributed by atoms with E-state index in [2.05, 4.69) is 26.0 Å². The van der Waals surface area contributed by atoms with Gasteiger partial charge in [0.25, 0.3) is 0 Å². The van der Waals surface area contributed by atoms with Gasteiger partial charge in [0.2, 0.25) is 0 Å². The van der Waals surface area contributed by atoms with Crippen molar-refractivity contribution in [3.05, 3.63) is 35.9 Å². The largest absolute Gasteiger partial charge is 0.390 e. The zero-order valence-corrected chi connectivity index (χ0v) is 9.54. The molecule has 0 aromatic heterocycles. The maximum absolute atomic E-state index is 10.2. The highest BCUT2D eigenvalue weighted by Crippen LogP contribution is 2.37. The van der Waals surface area contributed by atoms with Gasteiger partial charge in [0.15, 0.2) is 0 Å². The van der Waals surface area contributed by atoms with Crippen molar-refractivity contribution in [3.8, 4) is 0 Å². The van der Waals surface area contributed by atoms with Gasteiger partial charge < -0.3 is 5.11 Å². The van der Waals surface area contributed by atoms with Gasteiger partial charge in [-0.25, -0.2) is 0 Å². The van der Waals surface area contributed by atoms with E-state index in [4.69, 9.17) is 0 Å². The molecule has 0 radical (unpaired) electrons. The van der Waals surface area contributed by atoms with Crippen LogP contribution in [0.3, 0.4) is 0 Å². The van der Waals surface area contributed by atoms with Gasteiger partial charge in [-0.05, 0) is 25.8 Å². The van der Waals surface area contributed by atoms with Crippen LogP contribution in [-0.4, -0.2) is 10.7 Å². The first-order valence-electron chi connectivity index (χ1n) is 5.19. The molecule has 0 saturated heterocycles. The van der Waals surface area contributed by atoms with Gasteiger partial charge in [-0.15, -0.1) is 0 Å². The fourth-order valence-corrected chi connectivity index (χ4v) is 1.80. The van der Waals surface area contributed by atoms with Crippen LogP contribution >= 0.6 is 0 Å². The van der Waals surface area contributed by atoms with E-state index < -0.39 is 5.60 Å². The van der Waals surface area contributed by atoms with Gasteiger partial charge in [0, 0.05) is 5.41 Å². The minimum absolute atomic E-state index is 0.172. The zero-order valence-electron chi connectivity index (χ0n) is 9.54. The van der Waals surface area contributed by atoms with E-state index in [0.29, 0.717) is 0 Å². The summed E-state index contributed by atoms with van der Waals surface area (Å²) in [6, 6.07) is 10.2. The van der Waals surface area contributed by atoms with Crippen LogP contribution in [0.15, 0.2) is 30.3 Å². The van der Waals surface area contributed by atoms with Crippen molar-refractivity contribution in [2.75, 3.05) is 0 Å². The van der Waals surface area contributed by atoms with Crippen LogP contribution in [0, 0.1) is 0 Å². The molecule has 0 saturated carbocycles. The molecule has 1 atom stereocenters. The molecule has 0 aliphatic heterocycles. The quantitative estimate of drug-likeness (QED) is 0.780. The van der Waals surface area contributed by atoms with E-state index in [1.807, 2.05) is 32.0 Å². The number of hydrogen-bond acceptors (Lipinski definition) is 1. The number of benzene rings is 1. The summed E-state index contributed by atoms with van der Waals surface area (Å²) < 4.78 is 0. The highest BCUT2D eigenvalue weighted by atomic mass is 16.3. The van der Waals surface area contributed by atoms with Crippen molar-refractivity contribution in [3.63, 3.8) is 0 Å². The first-order chi connectivity index (χ1) is 6.42. The number of aliphatic hydroxyl groups is 1. The SMILES string of the molecule is CCC(C)(c1ccccc1)C(C)(C)O. The molecule has 1 aromatic carbocycles. The second-order valence-corrected chi connectivity index (χ2v) is 4.61. The second-order valence-electron chi connectivity index (χ2n) is 4.61. The van der Waals surface area contributed by atoms with Gasteiger partial charge in [-0.2, -0.15) is 0 Å². The molecular formula is C13H20O. The summed E-state index contributed by atoms with van der Waals surface area (Å²) in [6.07, 6.45) is 0.931. The predicted octanol–water partition coefficient (Wildman–Crippen LogP) is 3.13. The lowest BCUT2D eigenvalue weighted by Gasteiger charge is -2.40. The van der Waals surface area contributed by atoms with E-state index in [1.54, 1.807) is 0 Å². The number of rotatable bonds is 3. The minimum atomic E-state index is -0.691. The Labute approximate surface area is 86.8 Å². The first kappa shape index (κ1) is 11.3. The van der Waals surface area contributed by atoms with Gasteiger partial charge in [-0.3, -0.25) is 0 Å². The van der Waals surface area contributed by atoms with Crippen LogP contribution in [-0.2, 0) is 5.41 Å². The second kappa shape index (κ2) is 3.74. The summed E-state index contributed by atoms with van der Waals surface area (Å²) in [5.74, 6) is 0. The molecule has 14 heavy (non-hydrogen) atoms. The smallest absolute Gasteiger partial charge is 0.0685 e. The van der Waals surface area contributed by atoms with E-state index in [-0.39, 0.29) is 5.41 Å². The third-order valence-corrected chi connectivity index (χ3v) is 3.47. The Kier molecular flexibility index (Phi) is 3.01. The summed E-state index contributed by atoms with van der Waals surface area (Å²) in [5.41, 5.74) is 0.340. The molecule has 0 fully saturated rings. The van der Waals surface area contributed by atoms with Crippen molar-refractivity contribution >= 4 is 0 Å². The Morgan fingerprint density at radius 3 is 1.93 bits per heavy atom. The topological polar surface area (TPSA) is 20.2 Å². The van der Waals surface area contributed by atoms with Crippen molar-refractivity contribution in [2.24, 2.45) is 0 Å². The van der Waals surface area contributed by atoms with Gasteiger partial charge in [-0.1, -0.05) is 44.2 Å². The lowest BCUT2D eigenvalue weighted by Crippen LogP contribution is -2.44. The van der Waals surface area contributed by atoms with Crippen LogP contribution in [0.1, 0.15) is 39.7 Å². The molecule has 0 aliphatic carbocycles. The van der Waals surface area contributed by atoms with E-state index >= 15 is 0 Å². The normalized spacial score (nSPS) is 16.4. The molecule has 1 nitrogen and oxygen atoms in total. The fraction of sp³-hybridized carbons (Fsp3) is 0.538. The monoisotopic (exact) mass is 192 g/mol. The standard InChI is InChI=1S/C13H20O/c1-5-13(4,12(2,3)14)11-9-7-6-8-10-11/h6-10,14H,5H2,1-4H3. The molecule has 1 rings (SSSR count). The minimum Gasteiger partial charge on any atom is -0.390 e. The maximum Gasteiger partial charge on any atom is 0.0685 e. The third-order valence-electron chi connectivity index (χ3n) is 3.47. The Bertz CT molecular complexity index is 284. The van der Waals surface area contributed by atoms with Crippen LogP contribution < -0.4 is 0 Å². The molecule has 1 N–H and O–H groups in total. The third kappa shape index (κ3) is 1.83. The summed E-state index contributed by atoms with van der Waals surface area (Å²) in [4.78, 5) is 0. The Morgan fingerprint density at radius 1 is 1.07 bits per heavy atom. The van der Waals surface area contributed by atoms with Crippen LogP contribution in [0.5, 0.6) is 0 Å². The first-order valence-corrected chi connectivity index (χ1v) is 5.19. The van der Waals surface area contributed by atoms with Crippen molar-refractivity contribution in [1.82, 2.24) is 0 Å². The highest BCUT2D eigenvalue weighted by Gasteiger charge is 2.39. The molecule has 78 valence electrons. The molecular weight excluding hydrogens is 172 g/mol. The predicted molar refractivity (Wildman–Crippen MR) is 60.4 cm³/mol. The molecule has 0 aliphatic rings. The maximum atomic E-state index is 10.2. The molecule has 0 amide bonds. The van der Waals surface area contributed by atoms with Gasteiger partial charge in [0.1, 0.15) is 0 Å². The number of hydrogen-bond donors (Lipinski definition) is 1. The van der Waals surface area contributed by atoms with Crippen molar-refractivity contribution < 1.29 is 5.11 Å². The van der Waals surface area contributed by atoms with Crippen LogP contribution in [0.25, 0.3) is 0 Å². The molecule has 1 unspecified atom stereocenters. The highest BCUT2D eigenvalue weighted by molar-refractivity contribution is 5.27. The average Bonchev–Trinajstić information content (AvgIpc) is 2.16. The Balaban J connectivity index is 3.15. The van der Waals surface area contributed by atoms with Crippen LogP contribution in [0.4, 0.5) is 0 Å². The molecule has 1 heteroatoms.